The van der Waals surface area contributed by atoms with Crippen molar-refractivity contribution in [2.45, 2.75) is 0 Å². The van der Waals surface area contributed by atoms with Crippen LogP contribution in [0.5, 0.6) is 0 Å². The highest BCUT2D eigenvalue weighted by atomic mass is 16.5. The van der Waals surface area contributed by atoms with Crippen molar-refractivity contribution in [3.8, 4) is 0 Å². The van der Waals surface area contributed by atoms with Crippen molar-refractivity contribution in [2.75, 3.05) is 0 Å². The van der Waals surface area contributed by atoms with Crippen LogP contribution in [0.15, 0.2) is 34.0 Å². The van der Waals surface area contributed by atoms with Crippen molar-refractivity contribution in [1.82, 2.24) is 0 Å². The van der Waals surface area contributed by atoms with E-state index >= 15 is 0 Å². The van der Waals surface area contributed by atoms with Crippen LogP contribution >= 0.6 is 0 Å². The molecule has 0 aromatic carbocycles. The van der Waals surface area contributed by atoms with Gasteiger partial charge < -0.3 is 9.62 Å². The maximum absolute atomic E-state index is 8.07. The summed E-state index contributed by atoms with van der Waals surface area (Å²) in [4.78, 5) is 0. The fraction of sp³-hybridized carbons (Fsp3) is 0. The summed E-state index contributed by atoms with van der Waals surface area (Å²) < 4.78 is 4.66. The third kappa shape index (κ3) is 0.872. The molecule has 1 N–H and O–H groups in total. The van der Waals surface area contributed by atoms with Gasteiger partial charge in [0.15, 0.2) is 0 Å². The minimum Gasteiger partial charge on any atom is -0.444 e. The molecular formula is C5H6NO2+. The van der Waals surface area contributed by atoms with E-state index < -0.39 is 0 Å². The Labute approximate surface area is 47.4 Å². The number of hydrogen-bond donors (Lipinski definition) is 1. The van der Waals surface area contributed by atoms with Gasteiger partial charge >= 0.3 is 1.43 Å². The zero-order valence-electron chi connectivity index (χ0n) is 5.11. The molecule has 3 heteroatoms. The van der Waals surface area contributed by atoms with Crippen molar-refractivity contribution in [1.29, 1.82) is 0 Å². The van der Waals surface area contributed by atoms with Crippen LogP contribution in [0.3, 0.4) is 0 Å². The standard InChI is InChI=1S/C5H5NO2/c7-6-5-3-1-2-4-8-5/h1-4,7H/p+1. The SMILES string of the molecule is ON=c1cccco1.[H+]. The van der Waals surface area contributed by atoms with E-state index in [2.05, 4.69) is 9.57 Å². The lowest BCUT2D eigenvalue weighted by Gasteiger charge is -1.77. The van der Waals surface area contributed by atoms with Gasteiger partial charge in [0.2, 0.25) is 0 Å². The number of hydrogen-bond acceptors (Lipinski definition) is 3. The first-order valence-corrected chi connectivity index (χ1v) is 2.15. The molecule has 0 unspecified atom stereocenters. The predicted octanol–water partition coefficient (Wildman–Crippen LogP) is 0.682. The summed E-state index contributed by atoms with van der Waals surface area (Å²) in [6.07, 6.45) is 1.44. The Morgan fingerprint density at radius 1 is 1.62 bits per heavy atom. The van der Waals surface area contributed by atoms with Crippen LogP contribution in [0.4, 0.5) is 0 Å². The Morgan fingerprint density at radius 3 is 2.88 bits per heavy atom. The summed E-state index contributed by atoms with van der Waals surface area (Å²) >= 11 is 0. The summed E-state index contributed by atoms with van der Waals surface area (Å²) in [5.74, 6) is 0. The minimum atomic E-state index is 0. The largest absolute Gasteiger partial charge is 1.00 e. The monoisotopic (exact) mass is 112 g/mol. The smallest absolute Gasteiger partial charge is 0.444 e. The van der Waals surface area contributed by atoms with Crippen LogP contribution in [-0.4, -0.2) is 5.21 Å². The molecule has 8 heavy (non-hydrogen) atoms. The first-order chi connectivity index (χ1) is 3.93. The molecule has 0 aliphatic rings. The highest BCUT2D eigenvalue weighted by Crippen LogP contribution is 1.73. The summed E-state index contributed by atoms with van der Waals surface area (Å²) in [7, 11) is 0. The normalized spacial score (nSPS) is 11.8. The van der Waals surface area contributed by atoms with Crippen LogP contribution in [0.1, 0.15) is 1.43 Å². The molecule has 0 atom stereocenters. The van der Waals surface area contributed by atoms with Gasteiger partial charge in [0, 0.05) is 6.07 Å². The number of rotatable bonds is 0. The molecule has 0 aliphatic carbocycles. The lowest BCUT2D eigenvalue weighted by Crippen LogP contribution is -1.95. The zero-order chi connectivity index (χ0) is 5.82. The molecule has 3 nitrogen and oxygen atoms in total. The maximum atomic E-state index is 8.07. The third-order valence-corrected chi connectivity index (χ3v) is 0.716. The van der Waals surface area contributed by atoms with Crippen molar-refractivity contribution in [2.24, 2.45) is 5.16 Å². The lowest BCUT2D eigenvalue weighted by atomic mass is 10.5. The van der Waals surface area contributed by atoms with Gasteiger partial charge in [0.1, 0.15) is 0 Å². The van der Waals surface area contributed by atoms with Crippen LogP contribution < -0.4 is 5.55 Å². The van der Waals surface area contributed by atoms with E-state index in [-0.39, 0.29) is 6.98 Å². The van der Waals surface area contributed by atoms with E-state index in [0.717, 1.165) is 0 Å². The quantitative estimate of drug-likeness (QED) is 0.396. The second kappa shape index (κ2) is 2.16. The Balaban J connectivity index is 0.000000640. The average Bonchev–Trinajstić information content (AvgIpc) is 1.90. The van der Waals surface area contributed by atoms with Crippen molar-refractivity contribution in [3.63, 3.8) is 0 Å². The van der Waals surface area contributed by atoms with Crippen LogP contribution in [-0.2, 0) is 0 Å². The third-order valence-electron chi connectivity index (χ3n) is 0.716. The molecule has 0 aliphatic heterocycles. The predicted molar refractivity (Wildman–Crippen MR) is 27.2 cm³/mol. The molecule has 0 saturated heterocycles. The molecule has 0 radical (unpaired) electrons. The first kappa shape index (κ1) is 4.90. The van der Waals surface area contributed by atoms with Gasteiger partial charge in [0.05, 0.1) is 6.26 Å². The zero-order valence-corrected chi connectivity index (χ0v) is 4.11. The van der Waals surface area contributed by atoms with Gasteiger partial charge in [-0.3, -0.25) is 0 Å². The molecule has 0 spiro atoms. The Hall–Kier alpha value is -1.25. The Kier molecular flexibility index (Phi) is 1.32. The average molecular weight is 112 g/mol. The van der Waals surface area contributed by atoms with Crippen LogP contribution in [0, 0.1) is 0 Å². The van der Waals surface area contributed by atoms with E-state index in [9.17, 15) is 0 Å². The molecule has 1 heterocycles. The fourth-order valence-corrected chi connectivity index (χ4v) is 0.388. The van der Waals surface area contributed by atoms with Crippen LogP contribution in [0.25, 0.3) is 0 Å². The second-order valence-electron chi connectivity index (χ2n) is 1.24. The van der Waals surface area contributed by atoms with Crippen molar-refractivity contribution >= 4 is 0 Å². The molecular weight excluding hydrogens is 106 g/mol. The highest BCUT2D eigenvalue weighted by molar-refractivity contribution is 4.84. The fourth-order valence-electron chi connectivity index (χ4n) is 0.388. The van der Waals surface area contributed by atoms with Gasteiger partial charge in [-0.15, -0.1) is 0 Å². The second-order valence-corrected chi connectivity index (χ2v) is 1.24. The molecule has 0 saturated carbocycles. The molecule has 1 rings (SSSR count). The number of nitrogens with zero attached hydrogens (tertiary/aromatic N) is 1. The van der Waals surface area contributed by atoms with Crippen LogP contribution in [0.2, 0.25) is 0 Å². The summed E-state index contributed by atoms with van der Waals surface area (Å²) in [5.41, 5.74) is 0.215. The van der Waals surface area contributed by atoms with E-state index in [4.69, 9.17) is 5.21 Å². The lowest BCUT2D eigenvalue weighted by molar-refractivity contribution is 0.272. The highest BCUT2D eigenvalue weighted by Gasteiger charge is 1.73. The Bertz CT molecular complexity index is 203. The molecule has 0 amide bonds. The molecule has 1 aromatic heterocycles. The summed E-state index contributed by atoms with van der Waals surface area (Å²) in [5, 5.41) is 10.9. The topological polar surface area (TPSA) is 45.7 Å². The van der Waals surface area contributed by atoms with Gasteiger partial charge in [-0.25, -0.2) is 0 Å². The maximum Gasteiger partial charge on any atom is 1.00 e. The van der Waals surface area contributed by atoms with Gasteiger partial charge in [-0.1, -0.05) is 6.07 Å². The van der Waals surface area contributed by atoms with Gasteiger partial charge in [-0.2, -0.15) is 0 Å². The summed E-state index contributed by atoms with van der Waals surface area (Å²) in [6, 6.07) is 4.98. The minimum absolute atomic E-state index is 0. The van der Waals surface area contributed by atoms with E-state index in [1.165, 1.54) is 6.26 Å². The van der Waals surface area contributed by atoms with E-state index in [0.29, 0.717) is 0 Å². The summed E-state index contributed by atoms with van der Waals surface area (Å²) in [6.45, 7) is 0. The Morgan fingerprint density at radius 2 is 2.50 bits per heavy atom. The first-order valence-electron chi connectivity index (χ1n) is 2.15. The molecule has 0 fully saturated rings. The van der Waals surface area contributed by atoms with Gasteiger partial charge in [0.25, 0.3) is 5.55 Å². The van der Waals surface area contributed by atoms with E-state index in [1.54, 1.807) is 18.2 Å². The molecule has 42 valence electrons. The van der Waals surface area contributed by atoms with Crippen molar-refractivity contribution < 1.29 is 11.1 Å². The van der Waals surface area contributed by atoms with Crippen molar-refractivity contribution in [3.05, 3.63) is 30.0 Å². The van der Waals surface area contributed by atoms with Gasteiger partial charge in [-0.05, 0) is 11.2 Å². The molecule has 1 aromatic rings. The van der Waals surface area contributed by atoms with E-state index in [1.807, 2.05) is 0 Å². The molecule has 0 bridgehead atoms.